The van der Waals surface area contributed by atoms with Gasteiger partial charge in [-0.3, -0.25) is 4.79 Å². The average Bonchev–Trinajstić information content (AvgIpc) is 2.60. The minimum absolute atomic E-state index is 0.318. The van der Waals surface area contributed by atoms with Crippen LogP contribution in [0, 0.1) is 13.8 Å². The number of aryl methyl sites for hydroxylation is 2. The molecular formula is C19H22O5. The molecule has 128 valence electrons. The summed E-state index contributed by atoms with van der Waals surface area (Å²) in [4.78, 5) is 12.7. The van der Waals surface area contributed by atoms with Crippen LogP contribution in [0.15, 0.2) is 36.4 Å². The zero-order valence-corrected chi connectivity index (χ0v) is 14.3. The molecule has 0 radical (unpaired) electrons. The molecule has 0 saturated heterocycles. The highest BCUT2D eigenvalue weighted by molar-refractivity contribution is 6.00. The molecule has 1 unspecified atom stereocenters. The fourth-order valence-corrected chi connectivity index (χ4v) is 2.41. The van der Waals surface area contributed by atoms with Crippen LogP contribution < -0.4 is 14.2 Å². The summed E-state index contributed by atoms with van der Waals surface area (Å²) in [6.45, 7) is 3.31. The van der Waals surface area contributed by atoms with Gasteiger partial charge in [0.25, 0.3) is 0 Å². The lowest BCUT2D eigenvalue weighted by Gasteiger charge is -2.19. The maximum Gasteiger partial charge on any atom is 0.205 e. The lowest BCUT2D eigenvalue weighted by Crippen LogP contribution is -2.31. The number of ether oxygens (including phenoxy) is 3. The van der Waals surface area contributed by atoms with Crippen molar-refractivity contribution in [1.82, 2.24) is 0 Å². The van der Waals surface area contributed by atoms with Gasteiger partial charge in [-0.15, -0.1) is 0 Å². The first-order valence-corrected chi connectivity index (χ1v) is 7.61. The third-order valence-electron chi connectivity index (χ3n) is 3.81. The van der Waals surface area contributed by atoms with E-state index in [2.05, 4.69) is 0 Å². The Balaban J connectivity index is 2.30. The Bertz CT molecular complexity index is 724. The van der Waals surface area contributed by atoms with E-state index in [0.29, 0.717) is 22.8 Å². The molecule has 1 N–H and O–H groups in total. The first-order chi connectivity index (χ1) is 11.5. The number of hydrogen-bond donors (Lipinski definition) is 1. The van der Waals surface area contributed by atoms with Gasteiger partial charge in [-0.05, 0) is 37.1 Å². The number of ketones is 1. The molecule has 0 saturated carbocycles. The van der Waals surface area contributed by atoms with Crippen LogP contribution in [0.2, 0.25) is 0 Å². The van der Waals surface area contributed by atoms with Gasteiger partial charge in [0, 0.05) is 5.56 Å². The zero-order valence-electron chi connectivity index (χ0n) is 14.3. The third kappa shape index (κ3) is 3.68. The van der Waals surface area contributed by atoms with E-state index < -0.39 is 12.7 Å². The molecule has 0 spiro atoms. The smallest absolute Gasteiger partial charge is 0.205 e. The fourth-order valence-electron chi connectivity index (χ4n) is 2.41. The van der Waals surface area contributed by atoms with E-state index in [4.69, 9.17) is 14.2 Å². The van der Waals surface area contributed by atoms with Crippen molar-refractivity contribution in [2.45, 2.75) is 20.0 Å². The van der Waals surface area contributed by atoms with Gasteiger partial charge in [0.2, 0.25) is 5.78 Å². The number of aliphatic hydroxyl groups excluding tert-OH is 1. The maximum atomic E-state index is 12.7. The molecule has 0 heterocycles. The van der Waals surface area contributed by atoms with Crippen LogP contribution in [-0.2, 0) is 0 Å². The van der Waals surface area contributed by atoms with E-state index in [1.54, 1.807) is 31.4 Å². The predicted octanol–water partition coefficient (Wildman–Crippen LogP) is 2.94. The molecule has 0 aliphatic heterocycles. The number of Topliss-reactive ketones (excluding diaryl/α,β-unsaturated/α-hetero) is 1. The van der Waals surface area contributed by atoms with Crippen molar-refractivity contribution in [3.8, 4) is 17.2 Å². The molecule has 0 aliphatic rings. The lowest BCUT2D eigenvalue weighted by atomic mass is 10.0. The standard InChI is InChI=1S/C19H22O5/c1-12-8-9-14(10-16(12)23-4)18(21)17(11-20)24-19-13(2)6-5-7-15(19)22-3/h5-10,17,20H,11H2,1-4H3. The summed E-state index contributed by atoms with van der Waals surface area (Å²) in [7, 11) is 3.08. The van der Waals surface area contributed by atoms with E-state index in [-0.39, 0.29) is 5.78 Å². The predicted molar refractivity (Wildman–Crippen MR) is 91.3 cm³/mol. The Labute approximate surface area is 141 Å². The maximum absolute atomic E-state index is 12.7. The van der Waals surface area contributed by atoms with Crippen molar-refractivity contribution in [2.24, 2.45) is 0 Å². The average molecular weight is 330 g/mol. The van der Waals surface area contributed by atoms with Crippen LogP contribution in [0.5, 0.6) is 17.2 Å². The molecule has 5 nitrogen and oxygen atoms in total. The number of carbonyl (C=O) groups is 1. The van der Waals surface area contributed by atoms with Gasteiger partial charge in [0.05, 0.1) is 20.8 Å². The van der Waals surface area contributed by atoms with Crippen molar-refractivity contribution in [3.63, 3.8) is 0 Å². The molecule has 1 atom stereocenters. The van der Waals surface area contributed by atoms with Crippen LogP contribution in [0.25, 0.3) is 0 Å². The van der Waals surface area contributed by atoms with E-state index in [9.17, 15) is 9.90 Å². The second-order valence-corrected chi connectivity index (χ2v) is 5.44. The summed E-state index contributed by atoms with van der Waals surface area (Å²) in [5, 5.41) is 9.64. The normalized spacial score (nSPS) is 11.7. The Morgan fingerprint density at radius 3 is 2.38 bits per heavy atom. The summed E-state index contributed by atoms with van der Waals surface area (Å²) in [5.74, 6) is 1.27. The molecule has 2 rings (SSSR count). The van der Waals surface area contributed by atoms with Crippen LogP contribution in [-0.4, -0.2) is 37.8 Å². The number of methoxy groups -OCH3 is 2. The third-order valence-corrected chi connectivity index (χ3v) is 3.81. The number of aliphatic hydroxyl groups is 1. The highest BCUT2D eigenvalue weighted by atomic mass is 16.5. The molecular weight excluding hydrogens is 308 g/mol. The van der Waals surface area contributed by atoms with Crippen molar-refractivity contribution in [3.05, 3.63) is 53.1 Å². The lowest BCUT2D eigenvalue weighted by molar-refractivity contribution is 0.0650. The molecule has 2 aromatic carbocycles. The molecule has 0 fully saturated rings. The number of rotatable bonds is 7. The summed E-state index contributed by atoms with van der Waals surface area (Å²) < 4.78 is 16.3. The van der Waals surface area contributed by atoms with E-state index in [0.717, 1.165) is 11.1 Å². The van der Waals surface area contributed by atoms with E-state index >= 15 is 0 Å². The SMILES string of the molecule is COc1cc(C(=O)C(CO)Oc2c(C)cccc2OC)ccc1C. The van der Waals surface area contributed by atoms with Gasteiger partial charge in [0.1, 0.15) is 5.75 Å². The second kappa shape index (κ2) is 7.84. The molecule has 0 aliphatic carbocycles. The van der Waals surface area contributed by atoms with Crippen molar-refractivity contribution in [1.29, 1.82) is 0 Å². The molecule has 24 heavy (non-hydrogen) atoms. The molecule has 2 aromatic rings. The Morgan fingerprint density at radius 1 is 1.04 bits per heavy atom. The number of benzene rings is 2. The van der Waals surface area contributed by atoms with E-state index in [1.807, 2.05) is 26.0 Å². The fraction of sp³-hybridized carbons (Fsp3) is 0.316. The molecule has 0 amide bonds. The largest absolute Gasteiger partial charge is 0.496 e. The summed E-state index contributed by atoms with van der Waals surface area (Å²) >= 11 is 0. The monoisotopic (exact) mass is 330 g/mol. The van der Waals surface area contributed by atoms with Crippen LogP contribution in [0.4, 0.5) is 0 Å². The first kappa shape index (κ1) is 17.8. The quantitative estimate of drug-likeness (QED) is 0.791. The highest BCUT2D eigenvalue weighted by Gasteiger charge is 2.24. The van der Waals surface area contributed by atoms with Crippen molar-refractivity contribution in [2.75, 3.05) is 20.8 Å². The highest BCUT2D eigenvalue weighted by Crippen LogP contribution is 2.32. The zero-order chi connectivity index (χ0) is 17.7. The topological polar surface area (TPSA) is 65.0 Å². The number of carbonyl (C=O) groups excluding carboxylic acids is 1. The summed E-state index contributed by atoms with van der Waals surface area (Å²) in [6.07, 6.45) is -1.02. The van der Waals surface area contributed by atoms with Crippen LogP contribution in [0.1, 0.15) is 21.5 Å². The van der Waals surface area contributed by atoms with Gasteiger partial charge in [-0.1, -0.05) is 24.3 Å². The number of para-hydroxylation sites is 1. The molecule has 0 aromatic heterocycles. The van der Waals surface area contributed by atoms with Gasteiger partial charge in [-0.25, -0.2) is 0 Å². The minimum Gasteiger partial charge on any atom is -0.496 e. The van der Waals surface area contributed by atoms with Crippen molar-refractivity contribution < 1.29 is 24.1 Å². The van der Waals surface area contributed by atoms with Crippen molar-refractivity contribution >= 4 is 5.78 Å². The first-order valence-electron chi connectivity index (χ1n) is 7.61. The van der Waals surface area contributed by atoms with Crippen LogP contribution in [0.3, 0.4) is 0 Å². The van der Waals surface area contributed by atoms with Gasteiger partial charge >= 0.3 is 0 Å². The van der Waals surface area contributed by atoms with Gasteiger partial charge < -0.3 is 19.3 Å². The van der Waals surface area contributed by atoms with Gasteiger partial charge in [0.15, 0.2) is 17.6 Å². The summed E-state index contributed by atoms with van der Waals surface area (Å²) in [5.41, 5.74) is 2.17. The minimum atomic E-state index is -1.02. The molecule has 5 heteroatoms. The van der Waals surface area contributed by atoms with E-state index in [1.165, 1.54) is 7.11 Å². The Kier molecular flexibility index (Phi) is 5.82. The Hall–Kier alpha value is -2.53. The molecule has 0 bridgehead atoms. The van der Waals surface area contributed by atoms with Gasteiger partial charge in [-0.2, -0.15) is 0 Å². The van der Waals surface area contributed by atoms with Crippen LogP contribution >= 0.6 is 0 Å². The summed E-state index contributed by atoms with van der Waals surface area (Å²) in [6, 6.07) is 10.6. The number of hydrogen-bond acceptors (Lipinski definition) is 5. The Morgan fingerprint density at radius 2 is 1.75 bits per heavy atom. The second-order valence-electron chi connectivity index (χ2n) is 5.44.